The fourth-order valence-corrected chi connectivity index (χ4v) is 6.44. The monoisotopic (exact) mass is 455 g/mol. The summed E-state index contributed by atoms with van der Waals surface area (Å²) in [4.78, 5) is 0. The highest BCUT2D eigenvalue weighted by Crippen LogP contribution is 2.39. The van der Waals surface area contributed by atoms with Gasteiger partial charge in [0.15, 0.2) is 26.5 Å². The van der Waals surface area contributed by atoms with E-state index in [0.29, 0.717) is 54.3 Å². The zero-order chi connectivity index (χ0) is 20.4. The van der Waals surface area contributed by atoms with Crippen LogP contribution < -0.4 is 9.47 Å². The summed E-state index contributed by atoms with van der Waals surface area (Å²) in [6, 6.07) is 3.82. The number of sulfone groups is 1. The molecule has 10 heteroatoms. The maximum absolute atomic E-state index is 11.9. The van der Waals surface area contributed by atoms with Crippen molar-refractivity contribution in [1.29, 1.82) is 0 Å². The Morgan fingerprint density at radius 2 is 2.14 bits per heavy atom. The normalized spacial score (nSPS) is 20.4. The van der Waals surface area contributed by atoms with Gasteiger partial charge in [-0.3, -0.25) is 0 Å². The molecule has 0 saturated carbocycles. The highest BCUT2D eigenvalue weighted by atomic mass is 35.5. The van der Waals surface area contributed by atoms with E-state index in [9.17, 15) is 8.42 Å². The topological polar surface area (TPSA) is 83.3 Å². The summed E-state index contributed by atoms with van der Waals surface area (Å²) in [5, 5.41) is 9.88. The molecule has 0 spiro atoms. The van der Waals surface area contributed by atoms with Gasteiger partial charge in [-0.25, -0.2) is 8.42 Å². The van der Waals surface area contributed by atoms with Crippen molar-refractivity contribution in [2.75, 3.05) is 24.7 Å². The number of thioether (sulfide) groups is 1. The highest BCUT2D eigenvalue weighted by molar-refractivity contribution is 7.98. The van der Waals surface area contributed by atoms with Gasteiger partial charge in [-0.15, -0.1) is 16.8 Å². The number of hydrogen-bond acceptors (Lipinski definition) is 7. The molecular formula is C19H22ClN3O4S2. The number of fused-ring (bicyclic) bond motifs is 1. The molecule has 2 aromatic rings. The molecule has 2 aliphatic rings. The lowest BCUT2D eigenvalue weighted by Crippen LogP contribution is -2.11. The second kappa shape index (κ2) is 8.57. The molecule has 1 fully saturated rings. The molecule has 1 aromatic carbocycles. The molecule has 4 rings (SSSR count). The first-order valence-electron chi connectivity index (χ1n) is 9.42. The molecule has 156 valence electrons. The van der Waals surface area contributed by atoms with Crippen LogP contribution in [0.4, 0.5) is 0 Å². The molecule has 2 aliphatic heterocycles. The third-order valence-corrected chi connectivity index (χ3v) is 7.97. The quantitative estimate of drug-likeness (QED) is 0.487. The van der Waals surface area contributed by atoms with Crippen LogP contribution in [0.3, 0.4) is 0 Å². The minimum atomic E-state index is -2.99. The molecule has 1 saturated heterocycles. The Morgan fingerprint density at radius 1 is 1.31 bits per heavy atom. The number of aromatic nitrogens is 3. The standard InChI is InChI=1S/C19H22ClN3O4S2/c1-2-5-23-18(14-4-8-29(24,25)12-14)21-22-19(23)28-11-13-9-15(20)17-16(10-13)26-6-3-7-27-17/h2,9-10,14H,1,3-8,11-12H2. The lowest BCUT2D eigenvalue weighted by atomic mass is 10.1. The van der Waals surface area contributed by atoms with Crippen molar-refractivity contribution in [3.63, 3.8) is 0 Å². The molecule has 1 aromatic heterocycles. The van der Waals surface area contributed by atoms with Crippen molar-refractivity contribution in [1.82, 2.24) is 14.8 Å². The lowest BCUT2D eigenvalue weighted by molar-refractivity contribution is 0.297. The van der Waals surface area contributed by atoms with Crippen LogP contribution in [0.1, 0.15) is 30.1 Å². The van der Waals surface area contributed by atoms with Gasteiger partial charge < -0.3 is 14.0 Å². The summed E-state index contributed by atoms with van der Waals surface area (Å²) in [6.07, 6.45) is 3.17. The average Bonchev–Trinajstić information content (AvgIpc) is 3.14. The van der Waals surface area contributed by atoms with Gasteiger partial charge in [0.25, 0.3) is 0 Å². The van der Waals surface area contributed by atoms with Crippen molar-refractivity contribution >= 4 is 33.2 Å². The molecule has 0 aliphatic carbocycles. The summed E-state index contributed by atoms with van der Waals surface area (Å²) in [7, 11) is -2.99. The van der Waals surface area contributed by atoms with Crippen molar-refractivity contribution in [3.8, 4) is 11.5 Å². The third-order valence-electron chi connectivity index (χ3n) is 4.88. The molecule has 7 nitrogen and oxygen atoms in total. The minimum Gasteiger partial charge on any atom is -0.489 e. The second-order valence-electron chi connectivity index (χ2n) is 7.08. The predicted octanol–water partition coefficient (Wildman–Crippen LogP) is 3.47. The number of allylic oxidation sites excluding steroid dienone is 1. The van der Waals surface area contributed by atoms with E-state index in [1.165, 1.54) is 11.8 Å². The Bertz CT molecular complexity index is 1020. The van der Waals surface area contributed by atoms with Crippen LogP contribution in [0.2, 0.25) is 5.02 Å². The van der Waals surface area contributed by atoms with E-state index in [1.807, 2.05) is 16.7 Å². The number of rotatable bonds is 6. The maximum Gasteiger partial charge on any atom is 0.191 e. The summed E-state index contributed by atoms with van der Waals surface area (Å²) in [5.41, 5.74) is 0.988. The van der Waals surface area contributed by atoms with Crippen LogP contribution >= 0.6 is 23.4 Å². The Hall–Kier alpha value is -1.71. The van der Waals surface area contributed by atoms with Crippen molar-refractivity contribution in [3.05, 3.63) is 41.2 Å². The Kier molecular flexibility index (Phi) is 6.08. The summed E-state index contributed by atoms with van der Waals surface area (Å²) >= 11 is 7.90. The van der Waals surface area contributed by atoms with Crippen molar-refractivity contribution < 1.29 is 17.9 Å². The number of ether oxygens (including phenoxy) is 2. The van der Waals surface area contributed by atoms with Crippen LogP contribution in [0.5, 0.6) is 11.5 Å². The summed E-state index contributed by atoms with van der Waals surface area (Å²) < 4.78 is 37.1. The maximum atomic E-state index is 11.9. The number of nitrogens with zero attached hydrogens (tertiary/aromatic N) is 3. The lowest BCUT2D eigenvalue weighted by Gasteiger charge is -2.13. The van der Waals surface area contributed by atoms with Gasteiger partial charge in [0.1, 0.15) is 5.82 Å². The number of benzene rings is 1. The van der Waals surface area contributed by atoms with Crippen molar-refractivity contribution in [2.45, 2.75) is 36.2 Å². The molecule has 1 atom stereocenters. The Balaban J connectivity index is 1.54. The number of hydrogen-bond donors (Lipinski definition) is 0. The Labute approximate surface area is 179 Å². The van der Waals surface area contributed by atoms with Crippen LogP contribution in [-0.2, 0) is 22.1 Å². The van der Waals surface area contributed by atoms with Gasteiger partial charge in [0, 0.05) is 24.6 Å². The van der Waals surface area contributed by atoms with Gasteiger partial charge >= 0.3 is 0 Å². The zero-order valence-electron chi connectivity index (χ0n) is 15.8. The van der Waals surface area contributed by atoms with Crippen LogP contribution in [-0.4, -0.2) is 47.9 Å². The van der Waals surface area contributed by atoms with Gasteiger partial charge in [-0.1, -0.05) is 29.4 Å². The van der Waals surface area contributed by atoms with E-state index in [1.54, 1.807) is 6.08 Å². The Morgan fingerprint density at radius 3 is 2.90 bits per heavy atom. The summed E-state index contributed by atoms with van der Waals surface area (Å²) in [5.74, 6) is 2.81. The molecule has 0 bridgehead atoms. The highest BCUT2D eigenvalue weighted by Gasteiger charge is 2.33. The predicted molar refractivity (Wildman–Crippen MR) is 113 cm³/mol. The zero-order valence-corrected chi connectivity index (χ0v) is 18.2. The van der Waals surface area contributed by atoms with E-state index in [0.717, 1.165) is 17.1 Å². The fraction of sp³-hybridized carbons (Fsp3) is 0.474. The van der Waals surface area contributed by atoms with E-state index in [4.69, 9.17) is 21.1 Å². The third kappa shape index (κ3) is 4.57. The molecule has 29 heavy (non-hydrogen) atoms. The van der Waals surface area contributed by atoms with Gasteiger partial charge in [0.05, 0.1) is 29.7 Å². The van der Waals surface area contributed by atoms with Gasteiger partial charge in [0.2, 0.25) is 0 Å². The van der Waals surface area contributed by atoms with Gasteiger partial charge in [-0.2, -0.15) is 0 Å². The molecule has 0 radical (unpaired) electrons. The molecule has 0 N–H and O–H groups in total. The van der Waals surface area contributed by atoms with E-state index in [2.05, 4.69) is 16.8 Å². The fourth-order valence-electron chi connectivity index (χ4n) is 3.52. The largest absolute Gasteiger partial charge is 0.489 e. The average molecular weight is 456 g/mol. The van der Waals surface area contributed by atoms with Crippen LogP contribution in [0, 0.1) is 0 Å². The van der Waals surface area contributed by atoms with Crippen LogP contribution in [0.15, 0.2) is 29.9 Å². The molecule has 1 unspecified atom stereocenters. The first kappa shape index (κ1) is 20.6. The van der Waals surface area contributed by atoms with Crippen LogP contribution in [0.25, 0.3) is 0 Å². The molecular weight excluding hydrogens is 434 g/mol. The second-order valence-corrected chi connectivity index (χ2v) is 10.7. The first-order valence-corrected chi connectivity index (χ1v) is 12.6. The van der Waals surface area contributed by atoms with Gasteiger partial charge in [-0.05, 0) is 24.1 Å². The summed E-state index contributed by atoms with van der Waals surface area (Å²) in [6.45, 7) is 5.53. The SMILES string of the molecule is C=CCn1c(SCc2cc(Cl)c3c(c2)OCCCO3)nnc1C1CCS(=O)(=O)C1. The smallest absolute Gasteiger partial charge is 0.191 e. The first-order chi connectivity index (χ1) is 14.0. The molecule has 3 heterocycles. The minimum absolute atomic E-state index is 0.116. The van der Waals surface area contributed by atoms with E-state index >= 15 is 0 Å². The number of halogens is 1. The van der Waals surface area contributed by atoms with Crippen molar-refractivity contribution in [2.24, 2.45) is 0 Å². The van der Waals surface area contributed by atoms with E-state index in [-0.39, 0.29) is 17.4 Å². The van der Waals surface area contributed by atoms with E-state index < -0.39 is 9.84 Å². The molecule has 0 amide bonds.